The summed E-state index contributed by atoms with van der Waals surface area (Å²) in [7, 11) is -3.57. The second-order valence-corrected chi connectivity index (χ2v) is 8.30. The van der Waals surface area contributed by atoms with Gasteiger partial charge in [0.05, 0.1) is 18.1 Å². The first-order valence-corrected chi connectivity index (χ1v) is 10.3. The minimum absolute atomic E-state index is 0.0399. The van der Waals surface area contributed by atoms with Crippen LogP contribution in [0.3, 0.4) is 0 Å². The highest BCUT2D eigenvalue weighted by Gasteiger charge is 2.26. The summed E-state index contributed by atoms with van der Waals surface area (Å²) in [4.78, 5) is 12.2. The van der Waals surface area contributed by atoms with Gasteiger partial charge in [-0.1, -0.05) is 0 Å². The van der Waals surface area contributed by atoms with Gasteiger partial charge in [-0.15, -0.1) is 0 Å². The van der Waals surface area contributed by atoms with Crippen LogP contribution in [0.4, 0.5) is 10.1 Å². The molecule has 148 valence electrons. The van der Waals surface area contributed by atoms with Gasteiger partial charge in [0.15, 0.2) is 5.11 Å². The Morgan fingerprint density at radius 3 is 2.25 bits per heavy atom. The van der Waals surface area contributed by atoms with E-state index in [4.69, 9.17) is 17.0 Å². The molecule has 0 unspecified atom stereocenters. The van der Waals surface area contributed by atoms with Gasteiger partial charge in [0.2, 0.25) is 10.0 Å². The fraction of sp³-hybridized carbons (Fsp3) is 0.222. The summed E-state index contributed by atoms with van der Waals surface area (Å²) in [5.41, 5.74) is 0.780. The summed E-state index contributed by atoms with van der Waals surface area (Å²) in [6, 6.07) is 11.1. The van der Waals surface area contributed by atoms with Crippen LogP contribution in [0, 0.1) is 5.82 Å². The van der Waals surface area contributed by atoms with E-state index < -0.39 is 21.7 Å². The van der Waals surface area contributed by atoms with Crippen molar-refractivity contribution in [2.24, 2.45) is 0 Å². The van der Waals surface area contributed by atoms with Gasteiger partial charge in [0, 0.05) is 24.3 Å². The second-order valence-electron chi connectivity index (χ2n) is 5.96. The summed E-state index contributed by atoms with van der Waals surface area (Å²) in [5.74, 6) is -0.923. The molecule has 1 amide bonds. The number of nitrogens with zero attached hydrogens (tertiary/aromatic N) is 1. The molecule has 0 bridgehead atoms. The Balaban J connectivity index is 1.61. The number of rotatable bonds is 4. The Kier molecular flexibility index (Phi) is 6.35. The number of hydrogen-bond donors (Lipinski definition) is 2. The van der Waals surface area contributed by atoms with Crippen molar-refractivity contribution < 1.29 is 22.3 Å². The number of carbonyl (C=O) groups is 1. The van der Waals surface area contributed by atoms with E-state index >= 15 is 0 Å². The van der Waals surface area contributed by atoms with Crippen LogP contribution in [0.2, 0.25) is 0 Å². The van der Waals surface area contributed by atoms with Crippen LogP contribution < -0.4 is 10.6 Å². The number of thiocarbonyl (C=S) groups is 1. The number of amides is 1. The van der Waals surface area contributed by atoms with Gasteiger partial charge in [0.1, 0.15) is 5.82 Å². The predicted molar refractivity (Wildman–Crippen MR) is 106 cm³/mol. The van der Waals surface area contributed by atoms with Gasteiger partial charge in [-0.2, -0.15) is 4.31 Å². The normalized spacial score (nSPS) is 15.0. The zero-order valence-electron chi connectivity index (χ0n) is 14.7. The molecule has 0 aliphatic carbocycles. The van der Waals surface area contributed by atoms with Crippen LogP contribution in [0.1, 0.15) is 10.4 Å². The Hall–Kier alpha value is -2.40. The molecule has 7 nitrogen and oxygen atoms in total. The quantitative estimate of drug-likeness (QED) is 0.732. The van der Waals surface area contributed by atoms with Crippen LogP contribution in [-0.2, 0) is 14.8 Å². The third-order valence-electron chi connectivity index (χ3n) is 4.05. The molecule has 0 spiro atoms. The standard InChI is InChI=1S/C18H18FN3O4S2/c19-14-3-1-13(2-4-14)17(23)21-18(27)20-15-5-7-16(8-6-15)28(24,25)22-9-11-26-12-10-22/h1-8H,9-12H2,(H2,20,21,23,27). The summed E-state index contributed by atoms with van der Waals surface area (Å²) in [6.45, 7) is 1.39. The highest BCUT2D eigenvalue weighted by molar-refractivity contribution is 7.89. The molecular weight excluding hydrogens is 405 g/mol. The van der Waals surface area contributed by atoms with Gasteiger partial charge in [-0.25, -0.2) is 12.8 Å². The lowest BCUT2D eigenvalue weighted by Crippen LogP contribution is -2.40. The van der Waals surface area contributed by atoms with E-state index in [1.54, 1.807) is 12.1 Å². The minimum Gasteiger partial charge on any atom is -0.379 e. The maximum atomic E-state index is 12.9. The largest absolute Gasteiger partial charge is 0.379 e. The van der Waals surface area contributed by atoms with Gasteiger partial charge in [0.25, 0.3) is 5.91 Å². The van der Waals surface area contributed by atoms with Crippen LogP contribution in [-0.4, -0.2) is 50.0 Å². The van der Waals surface area contributed by atoms with Gasteiger partial charge < -0.3 is 10.1 Å². The monoisotopic (exact) mass is 423 g/mol. The van der Waals surface area contributed by atoms with Crippen molar-refractivity contribution in [3.05, 3.63) is 59.9 Å². The van der Waals surface area contributed by atoms with Gasteiger partial charge >= 0.3 is 0 Å². The molecule has 2 aromatic rings. The Morgan fingerprint density at radius 1 is 1.04 bits per heavy atom. The molecule has 2 N–H and O–H groups in total. The third kappa shape index (κ3) is 4.90. The maximum Gasteiger partial charge on any atom is 0.257 e. The molecule has 1 heterocycles. The first kappa shape index (κ1) is 20.3. The van der Waals surface area contributed by atoms with E-state index in [2.05, 4.69) is 10.6 Å². The molecule has 1 saturated heterocycles. The number of nitrogens with one attached hydrogen (secondary N) is 2. The van der Waals surface area contributed by atoms with E-state index in [1.165, 1.54) is 40.7 Å². The summed E-state index contributed by atoms with van der Waals surface area (Å²) < 4.78 is 44.6. The van der Waals surface area contributed by atoms with Crippen LogP contribution in [0.5, 0.6) is 0 Å². The average molecular weight is 423 g/mol. The summed E-state index contributed by atoms with van der Waals surface area (Å²) in [6.07, 6.45) is 0. The first-order chi connectivity index (χ1) is 13.4. The lowest BCUT2D eigenvalue weighted by Gasteiger charge is -2.26. The fourth-order valence-electron chi connectivity index (χ4n) is 2.59. The number of ether oxygens (including phenoxy) is 1. The number of hydrogen-bond acceptors (Lipinski definition) is 5. The third-order valence-corrected chi connectivity index (χ3v) is 6.17. The molecule has 0 radical (unpaired) electrons. The minimum atomic E-state index is -3.57. The van der Waals surface area contributed by atoms with Crippen molar-refractivity contribution in [1.29, 1.82) is 0 Å². The molecule has 1 aliphatic rings. The first-order valence-electron chi connectivity index (χ1n) is 8.42. The van der Waals surface area contributed by atoms with Crippen LogP contribution in [0.15, 0.2) is 53.4 Å². The smallest absolute Gasteiger partial charge is 0.257 e. The van der Waals surface area contributed by atoms with Gasteiger partial charge in [-0.3, -0.25) is 10.1 Å². The zero-order chi connectivity index (χ0) is 20.1. The molecular formula is C18H18FN3O4S2. The van der Waals surface area contributed by atoms with Crippen molar-refractivity contribution >= 4 is 38.9 Å². The second kappa shape index (κ2) is 8.74. The van der Waals surface area contributed by atoms with Crippen LogP contribution in [0.25, 0.3) is 0 Å². The Morgan fingerprint density at radius 2 is 1.64 bits per heavy atom. The SMILES string of the molecule is O=C(NC(=S)Nc1ccc(S(=O)(=O)N2CCOCC2)cc1)c1ccc(F)cc1. The predicted octanol–water partition coefficient (Wildman–Crippen LogP) is 1.97. The fourth-order valence-corrected chi connectivity index (χ4v) is 4.20. The highest BCUT2D eigenvalue weighted by atomic mass is 32.2. The van der Waals surface area contributed by atoms with Crippen molar-refractivity contribution in [2.75, 3.05) is 31.6 Å². The Bertz CT molecular complexity index is 957. The van der Waals surface area contributed by atoms with E-state index in [0.29, 0.717) is 32.0 Å². The summed E-state index contributed by atoms with van der Waals surface area (Å²) >= 11 is 5.09. The Labute approximate surface area is 167 Å². The molecule has 0 atom stereocenters. The van der Waals surface area contributed by atoms with Crippen molar-refractivity contribution in [2.45, 2.75) is 4.90 Å². The number of halogens is 1. The average Bonchev–Trinajstić information content (AvgIpc) is 2.69. The topological polar surface area (TPSA) is 87.7 Å². The van der Waals surface area contributed by atoms with Crippen molar-refractivity contribution in [1.82, 2.24) is 9.62 Å². The molecule has 2 aromatic carbocycles. The molecule has 10 heteroatoms. The number of carbonyl (C=O) groups excluding carboxylic acids is 1. The van der Waals surface area contributed by atoms with Gasteiger partial charge in [-0.05, 0) is 60.7 Å². The van der Waals surface area contributed by atoms with E-state index in [-0.39, 0.29) is 15.6 Å². The molecule has 1 fully saturated rings. The molecule has 3 rings (SSSR count). The number of benzene rings is 2. The molecule has 28 heavy (non-hydrogen) atoms. The summed E-state index contributed by atoms with van der Waals surface area (Å²) in [5, 5.41) is 5.33. The highest BCUT2D eigenvalue weighted by Crippen LogP contribution is 2.19. The van der Waals surface area contributed by atoms with Crippen molar-refractivity contribution in [3.63, 3.8) is 0 Å². The van der Waals surface area contributed by atoms with E-state index in [1.807, 2.05) is 0 Å². The molecule has 0 aromatic heterocycles. The number of sulfonamides is 1. The lowest BCUT2D eigenvalue weighted by atomic mass is 10.2. The number of anilines is 1. The van der Waals surface area contributed by atoms with E-state index in [9.17, 15) is 17.6 Å². The van der Waals surface area contributed by atoms with Crippen molar-refractivity contribution in [3.8, 4) is 0 Å². The molecule has 0 saturated carbocycles. The van der Waals surface area contributed by atoms with E-state index in [0.717, 1.165) is 0 Å². The zero-order valence-corrected chi connectivity index (χ0v) is 16.4. The molecule has 1 aliphatic heterocycles. The lowest BCUT2D eigenvalue weighted by molar-refractivity contribution is 0.0730. The number of morpholine rings is 1. The maximum absolute atomic E-state index is 12.9. The van der Waals surface area contributed by atoms with Crippen LogP contribution >= 0.6 is 12.2 Å².